The lowest BCUT2D eigenvalue weighted by Gasteiger charge is -2.14. The zero-order chi connectivity index (χ0) is 13.4. The van der Waals surface area contributed by atoms with E-state index in [2.05, 4.69) is 5.32 Å². The van der Waals surface area contributed by atoms with E-state index in [1.54, 1.807) is 24.3 Å². The van der Waals surface area contributed by atoms with E-state index in [1.165, 1.54) is 6.07 Å². The molecule has 1 aliphatic rings. The molecule has 0 radical (unpaired) electrons. The van der Waals surface area contributed by atoms with Crippen molar-refractivity contribution in [3.8, 4) is 0 Å². The zero-order valence-corrected chi connectivity index (χ0v) is 9.69. The molecule has 0 saturated heterocycles. The molecule has 5 heteroatoms. The lowest BCUT2D eigenvalue weighted by atomic mass is 10.1. The van der Waals surface area contributed by atoms with Crippen LogP contribution in [0.4, 0.5) is 14.5 Å². The van der Waals surface area contributed by atoms with Crippen molar-refractivity contribution >= 4 is 11.7 Å². The Morgan fingerprint density at radius 3 is 2.68 bits per heavy atom. The Morgan fingerprint density at radius 2 is 1.89 bits per heavy atom. The van der Waals surface area contributed by atoms with Gasteiger partial charge in [-0.2, -0.15) is 0 Å². The van der Waals surface area contributed by atoms with Gasteiger partial charge in [-0.05, 0) is 18.2 Å². The smallest absolute Gasteiger partial charge is 0.340 e. The minimum absolute atomic E-state index is 0.0795. The van der Waals surface area contributed by atoms with Gasteiger partial charge in [0.15, 0.2) is 0 Å². The van der Waals surface area contributed by atoms with Crippen LogP contribution in [0.1, 0.15) is 22.1 Å². The highest BCUT2D eigenvalue weighted by Crippen LogP contribution is 2.32. The Bertz CT molecular complexity index is 658. The molecule has 0 unspecified atom stereocenters. The van der Waals surface area contributed by atoms with Gasteiger partial charge in [-0.3, -0.25) is 0 Å². The largest absolute Gasteiger partial charge is 0.434 e. The number of hydrogen-bond donors (Lipinski definition) is 1. The van der Waals surface area contributed by atoms with E-state index in [0.29, 0.717) is 11.1 Å². The monoisotopic (exact) mass is 261 g/mol. The predicted octanol–water partition coefficient (Wildman–Crippen LogP) is 3.25. The van der Waals surface area contributed by atoms with Crippen LogP contribution in [0.3, 0.4) is 0 Å². The molecular weight excluding hydrogens is 252 g/mol. The molecule has 2 aromatic carbocycles. The number of anilines is 1. The molecule has 1 N–H and O–H groups in total. The average molecular weight is 261 g/mol. The third-order valence-electron chi connectivity index (χ3n) is 2.91. The van der Waals surface area contributed by atoms with Crippen LogP contribution in [0.5, 0.6) is 0 Å². The number of rotatable bonds is 2. The van der Waals surface area contributed by atoms with E-state index in [-0.39, 0.29) is 5.69 Å². The van der Waals surface area contributed by atoms with Crippen LogP contribution in [0.25, 0.3) is 0 Å². The molecule has 1 atom stereocenters. The highest BCUT2D eigenvalue weighted by atomic mass is 19.1. The normalized spacial score (nSPS) is 16.9. The SMILES string of the molecule is O=C1O[C@@H](Nc2ccc(F)cc2F)c2ccccc21. The number of ether oxygens (including phenoxy) is 1. The van der Waals surface area contributed by atoms with Crippen LogP contribution in [0.15, 0.2) is 42.5 Å². The van der Waals surface area contributed by atoms with Crippen molar-refractivity contribution in [1.82, 2.24) is 0 Å². The molecule has 1 heterocycles. The molecule has 3 nitrogen and oxygen atoms in total. The van der Waals surface area contributed by atoms with Crippen LogP contribution in [0.2, 0.25) is 0 Å². The molecule has 96 valence electrons. The summed E-state index contributed by atoms with van der Waals surface area (Å²) in [5, 5.41) is 2.74. The summed E-state index contributed by atoms with van der Waals surface area (Å²) >= 11 is 0. The molecule has 3 rings (SSSR count). The van der Waals surface area contributed by atoms with Crippen molar-refractivity contribution < 1.29 is 18.3 Å². The fourth-order valence-electron chi connectivity index (χ4n) is 2.00. The van der Waals surface area contributed by atoms with Gasteiger partial charge in [-0.15, -0.1) is 0 Å². The number of esters is 1. The van der Waals surface area contributed by atoms with E-state index in [4.69, 9.17) is 4.74 Å². The topological polar surface area (TPSA) is 38.3 Å². The summed E-state index contributed by atoms with van der Waals surface area (Å²) in [4.78, 5) is 11.6. The fraction of sp³-hybridized carbons (Fsp3) is 0.0714. The van der Waals surface area contributed by atoms with Crippen molar-refractivity contribution in [2.24, 2.45) is 0 Å². The minimum Gasteiger partial charge on any atom is -0.434 e. The van der Waals surface area contributed by atoms with Crippen molar-refractivity contribution in [3.05, 3.63) is 65.2 Å². The van der Waals surface area contributed by atoms with E-state index >= 15 is 0 Å². The summed E-state index contributed by atoms with van der Waals surface area (Å²) in [6.45, 7) is 0. The molecule has 0 amide bonds. The van der Waals surface area contributed by atoms with Crippen LogP contribution < -0.4 is 5.32 Å². The van der Waals surface area contributed by atoms with Crippen LogP contribution in [0, 0.1) is 11.6 Å². The molecule has 0 spiro atoms. The summed E-state index contributed by atoms with van der Waals surface area (Å²) in [5.74, 6) is -1.86. The second-order valence-electron chi connectivity index (χ2n) is 4.14. The number of cyclic esters (lactones) is 1. The molecule has 2 aromatic rings. The Balaban J connectivity index is 1.91. The maximum absolute atomic E-state index is 13.5. The van der Waals surface area contributed by atoms with Crippen LogP contribution in [-0.4, -0.2) is 5.97 Å². The fourth-order valence-corrected chi connectivity index (χ4v) is 2.00. The van der Waals surface area contributed by atoms with E-state index < -0.39 is 23.8 Å². The second kappa shape index (κ2) is 4.35. The number of carbonyl (C=O) groups excluding carboxylic acids is 1. The lowest BCUT2D eigenvalue weighted by molar-refractivity contribution is 0.0436. The number of nitrogens with one attached hydrogen (secondary N) is 1. The van der Waals surface area contributed by atoms with Crippen molar-refractivity contribution in [1.29, 1.82) is 0 Å². The standard InChI is InChI=1S/C14H9F2NO2/c15-8-5-6-12(11(16)7-8)17-13-9-3-1-2-4-10(9)14(18)19-13/h1-7,13,17H/t13-/m1/s1. The van der Waals surface area contributed by atoms with Gasteiger partial charge in [0.2, 0.25) is 6.23 Å². The van der Waals surface area contributed by atoms with Gasteiger partial charge in [0, 0.05) is 11.6 Å². The average Bonchev–Trinajstić information content (AvgIpc) is 2.71. The van der Waals surface area contributed by atoms with E-state index in [1.807, 2.05) is 0 Å². The zero-order valence-electron chi connectivity index (χ0n) is 9.69. The molecule has 19 heavy (non-hydrogen) atoms. The van der Waals surface area contributed by atoms with E-state index in [0.717, 1.165) is 12.1 Å². The second-order valence-corrected chi connectivity index (χ2v) is 4.14. The van der Waals surface area contributed by atoms with E-state index in [9.17, 15) is 13.6 Å². The summed E-state index contributed by atoms with van der Waals surface area (Å²) < 4.78 is 31.5. The maximum atomic E-state index is 13.5. The van der Waals surface area contributed by atoms with Crippen molar-refractivity contribution in [2.45, 2.75) is 6.23 Å². The predicted molar refractivity (Wildman–Crippen MR) is 64.6 cm³/mol. The maximum Gasteiger partial charge on any atom is 0.340 e. The van der Waals surface area contributed by atoms with Gasteiger partial charge >= 0.3 is 5.97 Å². The van der Waals surface area contributed by atoms with Gasteiger partial charge < -0.3 is 10.1 Å². The first kappa shape index (κ1) is 11.6. The summed E-state index contributed by atoms with van der Waals surface area (Å²) in [6, 6.07) is 10.0. The Labute approximate surface area is 107 Å². The van der Waals surface area contributed by atoms with Gasteiger partial charge in [0.05, 0.1) is 11.3 Å². The van der Waals surface area contributed by atoms with Gasteiger partial charge in [0.25, 0.3) is 0 Å². The number of halogens is 2. The molecule has 1 aliphatic heterocycles. The lowest BCUT2D eigenvalue weighted by Crippen LogP contribution is -2.11. The molecule has 0 fully saturated rings. The Morgan fingerprint density at radius 1 is 1.11 bits per heavy atom. The number of fused-ring (bicyclic) bond motifs is 1. The third-order valence-corrected chi connectivity index (χ3v) is 2.91. The van der Waals surface area contributed by atoms with Crippen molar-refractivity contribution in [3.63, 3.8) is 0 Å². The Kier molecular flexibility index (Phi) is 2.67. The molecule has 0 aliphatic carbocycles. The first-order valence-electron chi connectivity index (χ1n) is 5.66. The Hall–Kier alpha value is -2.43. The molecule has 0 bridgehead atoms. The van der Waals surface area contributed by atoms with Crippen LogP contribution in [-0.2, 0) is 4.74 Å². The molecule has 0 saturated carbocycles. The quantitative estimate of drug-likeness (QED) is 0.843. The van der Waals surface area contributed by atoms with Gasteiger partial charge in [-0.25, -0.2) is 13.6 Å². The van der Waals surface area contributed by atoms with Gasteiger partial charge in [0.1, 0.15) is 11.6 Å². The highest BCUT2D eigenvalue weighted by molar-refractivity contribution is 5.94. The third kappa shape index (κ3) is 2.03. The number of hydrogen-bond acceptors (Lipinski definition) is 3. The van der Waals surface area contributed by atoms with Gasteiger partial charge in [-0.1, -0.05) is 18.2 Å². The summed E-state index contributed by atoms with van der Waals surface area (Å²) in [5.41, 5.74) is 1.16. The first-order valence-corrected chi connectivity index (χ1v) is 5.66. The minimum atomic E-state index is -0.760. The highest BCUT2D eigenvalue weighted by Gasteiger charge is 2.30. The number of benzene rings is 2. The van der Waals surface area contributed by atoms with Crippen molar-refractivity contribution in [2.75, 3.05) is 5.32 Å². The summed E-state index contributed by atoms with van der Waals surface area (Å²) in [7, 11) is 0. The molecular formula is C14H9F2NO2. The van der Waals surface area contributed by atoms with Crippen LogP contribution >= 0.6 is 0 Å². The summed E-state index contributed by atoms with van der Waals surface area (Å²) in [6.07, 6.45) is -0.760. The first-order chi connectivity index (χ1) is 9.15. The number of carbonyl (C=O) groups is 1. The molecule has 0 aromatic heterocycles.